The summed E-state index contributed by atoms with van der Waals surface area (Å²) in [6.45, 7) is 7.43. The van der Waals surface area contributed by atoms with Gasteiger partial charge in [0.15, 0.2) is 10.8 Å². The van der Waals surface area contributed by atoms with E-state index in [2.05, 4.69) is 15.5 Å². The highest BCUT2D eigenvalue weighted by atomic mass is 35.5. The number of anilines is 1. The number of rotatable bonds is 4. The zero-order chi connectivity index (χ0) is 21.5. The standard InChI is InChI=1S/C19H18ClF3N4OS/c1-9-5-10(2)15(11(3)6-9)24-17(28)12(4)29-18-26-25-16-14(20)7-13(8-27(16)18)19(21,22)23/h5-8,12H,1-4H3,(H,24,28). The molecule has 0 spiro atoms. The van der Waals surface area contributed by atoms with Crippen LogP contribution in [0.4, 0.5) is 18.9 Å². The van der Waals surface area contributed by atoms with Gasteiger partial charge < -0.3 is 5.32 Å². The smallest absolute Gasteiger partial charge is 0.325 e. The van der Waals surface area contributed by atoms with Crippen molar-refractivity contribution in [1.29, 1.82) is 0 Å². The molecule has 3 aromatic rings. The molecule has 0 aliphatic rings. The Labute approximate surface area is 174 Å². The van der Waals surface area contributed by atoms with Crippen molar-refractivity contribution in [3.63, 3.8) is 0 Å². The summed E-state index contributed by atoms with van der Waals surface area (Å²) >= 11 is 6.92. The fraction of sp³-hybridized carbons (Fsp3) is 0.316. The third kappa shape index (κ3) is 4.51. The second-order valence-electron chi connectivity index (χ2n) is 6.77. The van der Waals surface area contributed by atoms with Gasteiger partial charge in [-0.05, 0) is 44.9 Å². The van der Waals surface area contributed by atoms with Crippen LogP contribution in [-0.2, 0) is 11.0 Å². The molecule has 1 atom stereocenters. The molecule has 29 heavy (non-hydrogen) atoms. The SMILES string of the molecule is Cc1cc(C)c(NC(=O)C(C)Sc2nnc3c(Cl)cc(C(F)(F)F)cn23)c(C)c1. The molecule has 2 heterocycles. The topological polar surface area (TPSA) is 59.3 Å². The number of aryl methyl sites for hydroxylation is 3. The molecule has 1 amide bonds. The van der Waals surface area contributed by atoms with E-state index in [9.17, 15) is 18.0 Å². The average molecular weight is 443 g/mol. The van der Waals surface area contributed by atoms with Gasteiger partial charge in [-0.25, -0.2) is 0 Å². The second kappa shape index (κ2) is 7.87. The van der Waals surface area contributed by atoms with E-state index in [0.717, 1.165) is 50.8 Å². The lowest BCUT2D eigenvalue weighted by Gasteiger charge is -2.16. The van der Waals surface area contributed by atoms with Crippen molar-refractivity contribution in [2.45, 2.75) is 44.3 Å². The largest absolute Gasteiger partial charge is 0.417 e. The molecule has 1 unspecified atom stereocenters. The third-order valence-electron chi connectivity index (χ3n) is 4.33. The van der Waals surface area contributed by atoms with E-state index >= 15 is 0 Å². The van der Waals surface area contributed by atoms with E-state index in [-0.39, 0.29) is 21.7 Å². The number of alkyl halides is 3. The Bertz CT molecular complexity index is 1070. The van der Waals surface area contributed by atoms with Gasteiger partial charge in [0.2, 0.25) is 5.91 Å². The summed E-state index contributed by atoms with van der Waals surface area (Å²) in [4.78, 5) is 12.7. The second-order valence-corrected chi connectivity index (χ2v) is 8.49. The normalized spacial score (nSPS) is 13.0. The number of thioether (sulfide) groups is 1. The van der Waals surface area contributed by atoms with Crippen molar-refractivity contribution in [2.24, 2.45) is 0 Å². The van der Waals surface area contributed by atoms with Crippen LogP contribution in [0.2, 0.25) is 5.02 Å². The number of carbonyl (C=O) groups is 1. The first-order chi connectivity index (χ1) is 13.5. The van der Waals surface area contributed by atoms with Gasteiger partial charge in [-0.3, -0.25) is 9.20 Å². The van der Waals surface area contributed by atoms with Gasteiger partial charge in [0.1, 0.15) is 0 Å². The van der Waals surface area contributed by atoms with Gasteiger partial charge in [-0.2, -0.15) is 13.2 Å². The van der Waals surface area contributed by atoms with Crippen LogP contribution in [0.15, 0.2) is 29.6 Å². The van der Waals surface area contributed by atoms with E-state index in [1.165, 1.54) is 0 Å². The van der Waals surface area contributed by atoms with Crippen molar-refractivity contribution in [1.82, 2.24) is 14.6 Å². The van der Waals surface area contributed by atoms with Crippen molar-refractivity contribution >= 4 is 40.6 Å². The molecule has 5 nitrogen and oxygen atoms in total. The fourth-order valence-electron chi connectivity index (χ4n) is 2.98. The zero-order valence-electron chi connectivity index (χ0n) is 16.1. The van der Waals surface area contributed by atoms with Crippen molar-refractivity contribution in [2.75, 3.05) is 5.32 Å². The molecule has 1 N–H and O–H groups in total. The minimum Gasteiger partial charge on any atom is -0.325 e. The molecule has 3 rings (SSSR count). The summed E-state index contributed by atoms with van der Waals surface area (Å²) in [5, 5.41) is 9.98. The van der Waals surface area contributed by atoms with Gasteiger partial charge in [-0.15, -0.1) is 10.2 Å². The summed E-state index contributed by atoms with van der Waals surface area (Å²) < 4.78 is 40.4. The fourth-order valence-corrected chi connectivity index (χ4v) is 4.05. The van der Waals surface area contributed by atoms with E-state index in [0.29, 0.717) is 0 Å². The zero-order valence-corrected chi connectivity index (χ0v) is 17.6. The highest BCUT2D eigenvalue weighted by Crippen LogP contribution is 2.34. The lowest BCUT2D eigenvalue weighted by molar-refractivity contribution is -0.137. The Morgan fingerprint density at radius 2 is 1.79 bits per heavy atom. The van der Waals surface area contributed by atoms with Crippen molar-refractivity contribution in [3.05, 3.63) is 51.7 Å². The van der Waals surface area contributed by atoms with E-state index < -0.39 is 17.0 Å². The number of fused-ring (bicyclic) bond motifs is 1. The van der Waals surface area contributed by atoms with Gasteiger partial charge in [0, 0.05) is 11.9 Å². The average Bonchev–Trinajstić information content (AvgIpc) is 3.00. The first-order valence-electron chi connectivity index (χ1n) is 8.64. The molecular weight excluding hydrogens is 425 g/mol. The number of nitrogens with zero attached hydrogens (tertiary/aromatic N) is 3. The molecule has 0 saturated carbocycles. The van der Waals surface area contributed by atoms with Crippen LogP contribution in [0.1, 0.15) is 29.2 Å². The Morgan fingerprint density at radius 3 is 2.38 bits per heavy atom. The number of nitrogens with one attached hydrogen (secondary N) is 1. The van der Waals surface area contributed by atoms with Crippen LogP contribution in [0, 0.1) is 20.8 Å². The van der Waals surface area contributed by atoms with Crippen molar-refractivity contribution in [3.8, 4) is 0 Å². The highest BCUT2D eigenvalue weighted by molar-refractivity contribution is 8.00. The maximum Gasteiger partial charge on any atom is 0.417 e. The maximum atomic E-state index is 13.1. The number of halogens is 4. The van der Waals surface area contributed by atoms with Crippen LogP contribution in [0.5, 0.6) is 0 Å². The Hall–Kier alpha value is -2.26. The van der Waals surface area contributed by atoms with Crippen LogP contribution in [-0.4, -0.2) is 25.8 Å². The quantitative estimate of drug-likeness (QED) is 0.546. The van der Waals surface area contributed by atoms with Gasteiger partial charge in [0.05, 0.1) is 15.8 Å². The van der Waals surface area contributed by atoms with E-state index in [4.69, 9.17) is 11.6 Å². The third-order valence-corrected chi connectivity index (χ3v) is 5.67. The number of pyridine rings is 1. The van der Waals surface area contributed by atoms with E-state index in [1.807, 2.05) is 32.9 Å². The summed E-state index contributed by atoms with van der Waals surface area (Å²) in [5.74, 6) is -0.292. The van der Waals surface area contributed by atoms with Crippen molar-refractivity contribution < 1.29 is 18.0 Å². The van der Waals surface area contributed by atoms with Gasteiger partial charge in [0.25, 0.3) is 0 Å². The number of carbonyl (C=O) groups excluding carboxylic acids is 1. The minimum atomic E-state index is -4.56. The number of amides is 1. The first kappa shape index (κ1) is 21.4. The van der Waals surface area contributed by atoms with Gasteiger partial charge in [-0.1, -0.05) is 41.1 Å². The predicted molar refractivity (Wildman–Crippen MR) is 108 cm³/mol. The molecule has 0 saturated heterocycles. The number of benzene rings is 1. The lowest BCUT2D eigenvalue weighted by Crippen LogP contribution is -2.23. The number of hydrogen-bond donors (Lipinski definition) is 1. The molecule has 2 aromatic heterocycles. The van der Waals surface area contributed by atoms with Crippen LogP contribution in [0.3, 0.4) is 0 Å². The number of hydrogen-bond acceptors (Lipinski definition) is 4. The Morgan fingerprint density at radius 1 is 1.17 bits per heavy atom. The molecule has 0 bridgehead atoms. The predicted octanol–water partition coefficient (Wildman–Crippen LogP) is 5.45. The van der Waals surface area contributed by atoms with E-state index in [1.54, 1.807) is 6.92 Å². The molecule has 0 fully saturated rings. The lowest BCUT2D eigenvalue weighted by atomic mass is 10.1. The Balaban J connectivity index is 1.85. The molecule has 154 valence electrons. The summed E-state index contributed by atoms with van der Waals surface area (Å²) in [7, 11) is 0. The van der Waals surface area contributed by atoms with Gasteiger partial charge >= 0.3 is 6.18 Å². The van der Waals surface area contributed by atoms with Crippen LogP contribution < -0.4 is 5.32 Å². The molecular formula is C19H18ClF3N4OS. The summed E-state index contributed by atoms with van der Waals surface area (Å²) in [6.07, 6.45) is -3.68. The monoisotopic (exact) mass is 442 g/mol. The Kier molecular flexibility index (Phi) is 5.82. The molecule has 1 aromatic carbocycles. The molecule has 10 heteroatoms. The maximum absolute atomic E-state index is 13.1. The summed E-state index contributed by atoms with van der Waals surface area (Å²) in [5.41, 5.74) is 2.86. The summed E-state index contributed by atoms with van der Waals surface area (Å²) in [6, 6.07) is 4.74. The first-order valence-corrected chi connectivity index (χ1v) is 9.90. The molecule has 0 radical (unpaired) electrons. The highest BCUT2D eigenvalue weighted by Gasteiger charge is 2.32. The number of aromatic nitrogens is 3. The molecule has 0 aliphatic heterocycles. The minimum absolute atomic E-state index is 0.0972. The van der Waals surface area contributed by atoms with Crippen LogP contribution >= 0.6 is 23.4 Å². The molecule has 0 aliphatic carbocycles. The van der Waals surface area contributed by atoms with Crippen LogP contribution in [0.25, 0.3) is 5.65 Å².